The molecule has 0 saturated carbocycles. The van der Waals surface area contributed by atoms with Crippen LogP contribution in [0.2, 0.25) is 0 Å². The van der Waals surface area contributed by atoms with Gasteiger partial charge in [-0.25, -0.2) is 4.90 Å². The van der Waals surface area contributed by atoms with Crippen LogP contribution in [0.3, 0.4) is 0 Å². The molecule has 0 aromatic heterocycles. The average molecular weight is 371 g/mol. The first-order chi connectivity index (χ1) is 12.6. The molecule has 0 bridgehead atoms. The highest BCUT2D eigenvalue weighted by Gasteiger charge is 2.39. The fourth-order valence-electron chi connectivity index (χ4n) is 2.79. The summed E-state index contributed by atoms with van der Waals surface area (Å²) in [5.41, 5.74) is 2.33. The van der Waals surface area contributed by atoms with E-state index in [0.717, 1.165) is 22.6 Å². The molecule has 0 fully saturated rings. The van der Waals surface area contributed by atoms with Gasteiger partial charge in [0.05, 0.1) is 12.3 Å². The molecular weight excluding hydrogens is 352 g/mol. The number of carbonyl (C=O) groups excluding carboxylic acids is 2. The van der Waals surface area contributed by atoms with Gasteiger partial charge in [-0.2, -0.15) is 0 Å². The Hall–Kier alpha value is -2.79. The topological polar surface area (TPSA) is 58.6 Å². The standard InChI is InChI=1S/C20H19ClN2O3/c1-3-13-7-5-6-8-16(13)22-18-17(21)19(24)23(20(18)25)14-9-11-15(12-10-14)26-4-2/h5-12,22H,3-4H2,1-2H3. The van der Waals surface area contributed by atoms with Gasteiger partial charge in [-0.1, -0.05) is 36.7 Å². The number of amides is 2. The number of nitrogens with one attached hydrogen (secondary N) is 1. The summed E-state index contributed by atoms with van der Waals surface area (Å²) in [7, 11) is 0. The molecule has 0 unspecified atom stereocenters. The van der Waals surface area contributed by atoms with Crippen molar-refractivity contribution in [1.29, 1.82) is 0 Å². The fourth-order valence-corrected chi connectivity index (χ4v) is 3.00. The van der Waals surface area contributed by atoms with Gasteiger partial charge < -0.3 is 10.1 Å². The van der Waals surface area contributed by atoms with Gasteiger partial charge in [0.15, 0.2) is 0 Å². The van der Waals surface area contributed by atoms with Crippen molar-refractivity contribution in [2.75, 3.05) is 16.8 Å². The lowest BCUT2D eigenvalue weighted by atomic mass is 10.1. The number of halogens is 1. The summed E-state index contributed by atoms with van der Waals surface area (Å²) >= 11 is 6.18. The van der Waals surface area contributed by atoms with Crippen LogP contribution in [0.15, 0.2) is 59.3 Å². The number of benzene rings is 2. The van der Waals surface area contributed by atoms with Gasteiger partial charge in [0.1, 0.15) is 16.5 Å². The molecule has 1 aliphatic heterocycles. The SMILES string of the molecule is CCOc1ccc(N2C(=O)C(Cl)=C(Nc3ccccc3CC)C2=O)cc1. The van der Waals surface area contributed by atoms with Gasteiger partial charge in [-0.15, -0.1) is 0 Å². The number of rotatable bonds is 6. The zero-order valence-corrected chi connectivity index (χ0v) is 15.3. The zero-order valence-electron chi connectivity index (χ0n) is 14.6. The van der Waals surface area contributed by atoms with Crippen LogP contribution in [0, 0.1) is 0 Å². The smallest absolute Gasteiger partial charge is 0.283 e. The maximum atomic E-state index is 12.8. The highest BCUT2D eigenvalue weighted by atomic mass is 35.5. The van der Waals surface area contributed by atoms with Crippen molar-refractivity contribution in [1.82, 2.24) is 0 Å². The predicted octanol–water partition coefficient (Wildman–Crippen LogP) is 4.08. The van der Waals surface area contributed by atoms with E-state index in [2.05, 4.69) is 5.32 Å². The number of aryl methyl sites for hydroxylation is 1. The lowest BCUT2D eigenvalue weighted by Gasteiger charge is -2.16. The first kappa shape index (κ1) is 18.0. The van der Waals surface area contributed by atoms with Crippen molar-refractivity contribution in [3.63, 3.8) is 0 Å². The molecule has 1 N–H and O–H groups in total. The Balaban J connectivity index is 1.87. The number of ether oxygens (including phenoxy) is 1. The summed E-state index contributed by atoms with van der Waals surface area (Å²) in [4.78, 5) is 26.4. The minimum absolute atomic E-state index is 0.0893. The van der Waals surface area contributed by atoms with Gasteiger partial charge in [0, 0.05) is 5.69 Å². The number of para-hydroxylation sites is 1. The van der Waals surface area contributed by atoms with Gasteiger partial charge in [0.2, 0.25) is 0 Å². The number of nitrogens with zero attached hydrogens (tertiary/aromatic N) is 1. The highest BCUT2D eigenvalue weighted by molar-refractivity contribution is 6.53. The largest absolute Gasteiger partial charge is 0.494 e. The summed E-state index contributed by atoms with van der Waals surface area (Å²) in [5.74, 6) is -0.350. The Labute approximate surface area is 157 Å². The normalized spacial score (nSPS) is 14.2. The summed E-state index contributed by atoms with van der Waals surface area (Å²) in [5, 5.41) is 2.92. The molecular formula is C20H19ClN2O3. The maximum absolute atomic E-state index is 12.8. The van der Waals surface area contributed by atoms with Crippen LogP contribution in [0.4, 0.5) is 11.4 Å². The van der Waals surface area contributed by atoms with Crippen LogP contribution in [-0.4, -0.2) is 18.4 Å². The van der Waals surface area contributed by atoms with Gasteiger partial charge >= 0.3 is 0 Å². The third-order valence-corrected chi connectivity index (χ3v) is 4.44. The van der Waals surface area contributed by atoms with Crippen molar-refractivity contribution in [2.45, 2.75) is 20.3 Å². The van der Waals surface area contributed by atoms with E-state index in [-0.39, 0.29) is 10.7 Å². The minimum Gasteiger partial charge on any atom is -0.494 e. The van der Waals surface area contributed by atoms with E-state index >= 15 is 0 Å². The summed E-state index contributed by atoms with van der Waals surface area (Å²) in [6, 6.07) is 14.4. The Bertz CT molecular complexity index is 875. The lowest BCUT2D eigenvalue weighted by Crippen LogP contribution is -2.32. The Morgan fingerprint density at radius 2 is 1.69 bits per heavy atom. The molecule has 0 spiro atoms. The van der Waals surface area contributed by atoms with Crippen LogP contribution in [0.1, 0.15) is 19.4 Å². The quantitative estimate of drug-likeness (QED) is 0.778. The second-order valence-corrected chi connectivity index (χ2v) is 6.08. The van der Waals surface area contributed by atoms with E-state index in [1.807, 2.05) is 38.1 Å². The number of anilines is 2. The molecule has 6 heteroatoms. The molecule has 0 aliphatic carbocycles. The summed E-state index contributed by atoms with van der Waals surface area (Å²) in [6.45, 7) is 4.45. The zero-order chi connectivity index (χ0) is 18.7. The van der Waals surface area contributed by atoms with Crippen molar-refractivity contribution < 1.29 is 14.3 Å². The molecule has 1 aliphatic rings. The number of imide groups is 1. The van der Waals surface area contributed by atoms with E-state index in [9.17, 15) is 9.59 Å². The third kappa shape index (κ3) is 3.30. The molecule has 26 heavy (non-hydrogen) atoms. The Morgan fingerprint density at radius 3 is 2.35 bits per heavy atom. The van der Waals surface area contributed by atoms with Crippen LogP contribution in [0.25, 0.3) is 0 Å². The molecule has 3 rings (SSSR count). The van der Waals surface area contributed by atoms with E-state index in [1.54, 1.807) is 24.3 Å². The predicted molar refractivity (Wildman–Crippen MR) is 102 cm³/mol. The lowest BCUT2D eigenvalue weighted by molar-refractivity contribution is -0.120. The molecule has 0 saturated heterocycles. The monoisotopic (exact) mass is 370 g/mol. The number of hydrogen-bond donors (Lipinski definition) is 1. The second kappa shape index (κ2) is 7.62. The van der Waals surface area contributed by atoms with Crippen molar-refractivity contribution in [3.8, 4) is 5.75 Å². The van der Waals surface area contributed by atoms with E-state index in [4.69, 9.17) is 16.3 Å². The van der Waals surface area contributed by atoms with Gasteiger partial charge in [-0.3, -0.25) is 9.59 Å². The molecule has 1 heterocycles. The first-order valence-corrected chi connectivity index (χ1v) is 8.81. The van der Waals surface area contributed by atoms with Gasteiger partial charge in [-0.05, 0) is 49.2 Å². The maximum Gasteiger partial charge on any atom is 0.283 e. The van der Waals surface area contributed by atoms with E-state index in [1.165, 1.54) is 0 Å². The molecule has 5 nitrogen and oxygen atoms in total. The highest BCUT2D eigenvalue weighted by Crippen LogP contribution is 2.31. The molecule has 0 atom stereocenters. The minimum atomic E-state index is -0.544. The number of carbonyl (C=O) groups is 2. The first-order valence-electron chi connectivity index (χ1n) is 8.43. The van der Waals surface area contributed by atoms with E-state index < -0.39 is 11.8 Å². The fraction of sp³-hybridized carbons (Fsp3) is 0.200. The van der Waals surface area contributed by atoms with Crippen LogP contribution in [0.5, 0.6) is 5.75 Å². The summed E-state index contributed by atoms with van der Waals surface area (Å²) < 4.78 is 5.39. The van der Waals surface area contributed by atoms with Crippen LogP contribution >= 0.6 is 11.6 Å². The molecule has 134 valence electrons. The van der Waals surface area contributed by atoms with Crippen LogP contribution in [-0.2, 0) is 16.0 Å². The van der Waals surface area contributed by atoms with Crippen LogP contribution < -0.4 is 15.0 Å². The third-order valence-electron chi connectivity index (χ3n) is 4.09. The Kier molecular flexibility index (Phi) is 5.28. The molecule has 0 radical (unpaired) electrons. The van der Waals surface area contributed by atoms with Crippen molar-refractivity contribution in [2.24, 2.45) is 0 Å². The van der Waals surface area contributed by atoms with E-state index in [0.29, 0.717) is 18.0 Å². The average Bonchev–Trinajstić information content (AvgIpc) is 2.87. The Morgan fingerprint density at radius 1 is 1.00 bits per heavy atom. The molecule has 2 aromatic carbocycles. The molecule has 2 aromatic rings. The second-order valence-electron chi connectivity index (χ2n) is 5.70. The van der Waals surface area contributed by atoms with Crippen molar-refractivity contribution >= 4 is 34.8 Å². The molecule has 2 amide bonds. The van der Waals surface area contributed by atoms with Crippen molar-refractivity contribution in [3.05, 3.63) is 64.8 Å². The number of hydrogen-bond acceptors (Lipinski definition) is 4. The summed E-state index contributed by atoms with van der Waals surface area (Å²) in [6.07, 6.45) is 0.790. The van der Waals surface area contributed by atoms with Gasteiger partial charge in [0.25, 0.3) is 11.8 Å².